The maximum Gasteiger partial charge on any atom is 0.130 e. The van der Waals surface area contributed by atoms with Gasteiger partial charge < -0.3 is 9.26 Å². The molecular formula is C12H13NO2. The molecule has 0 atom stereocenters. The van der Waals surface area contributed by atoms with Crippen LogP contribution in [0.4, 0.5) is 0 Å². The van der Waals surface area contributed by atoms with Crippen LogP contribution >= 0.6 is 0 Å². The lowest BCUT2D eigenvalue weighted by molar-refractivity contribution is 0.304. The predicted molar refractivity (Wildman–Crippen MR) is 56.7 cm³/mol. The highest BCUT2D eigenvalue weighted by atomic mass is 16.5. The molecule has 1 heterocycles. The van der Waals surface area contributed by atoms with Crippen molar-refractivity contribution in [1.82, 2.24) is 5.16 Å². The first-order valence-corrected chi connectivity index (χ1v) is 4.98. The molecular weight excluding hydrogens is 190 g/mol. The van der Waals surface area contributed by atoms with Gasteiger partial charge in [0.2, 0.25) is 0 Å². The molecule has 1 aromatic carbocycles. The molecule has 0 amide bonds. The van der Waals surface area contributed by atoms with Crippen molar-refractivity contribution < 1.29 is 9.26 Å². The fourth-order valence-electron chi connectivity index (χ4n) is 1.32. The first-order chi connectivity index (χ1) is 7.38. The average Bonchev–Trinajstić information content (AvgIpc) is 2.79. The van der Waals surface area contributed by atoms with Gasteiger partial charge in [-0.1, -0.05) is 24.2 Å². The molecule has 0 N–H and O–H groups in total. The van der Waals surface area contributed by atoms with Crippen molar-refractivity contribution in [2.45, 2.75) is 20.0 Å². The Hall–Kier alpha value is -1.77. The summed E-state index contributed by atoms with van der Waals surface area (Å²) < 4.78 is 10.3. The van der Waals surface area contributed by atoms with E-state index in [1.165, 1.54) is 5.56 Å². The van der Waals surface area contributed by atoms with Gasteiger partial charge in [-0.25, -0.2) is 0 Å². The Balaban J connectivity index is 1.98. The summed E-state index contributed by atoms with van der Waals surface area (Å²) in [5.41, 5.74) is 2.22. The van der Waals surface area contributed by atoms with Gasteiger partial charge in [-0.2, -0.15) is 0 Å². The maximum absolute atomic E-state index is 5.59. The number of hydrogen-bond acceptors (Lipinski definition) is 3. The quantitative estimate of drug-likeness (QED) is 0.766. The van der Waals surface area contributed by atoms with E-state index < -0.39 is 0 Å². The molecule has 0 radical (unpaired) electrons. The number of nitrogens with zero attached hydrogens (tertiary/aromatic N) is 1. The lowest BCUT2D eigenvalue weighted by Crippen LogP contribution is -1.94. The predicted octanol–water partition coefficient (Wildman–Crippen LogP) is 2.82. The van der Waals surface area contributed by atoms with Crippen molar-refractivity contribution in [1.29, 1.82) is 0 Å². The smallest absolute Gasteiger partial charge is 0.130 e. The van der Waals surface area contributed by atoms with E-state index in [9.17, 15) is 0 Å². The van der Waals surface area contributed by atoms with E-state index in [1.807, 2.05) is 18.2 Å². The topological polar surface area (TPSA) is 35.3 Å². The van der Waals surface area contributed by atoms with Crippen LogP contribution in [0.5, 0.6) is 5.75 Å². The van der Waals surface area contributed by atoms with Crippen LogP contribution in [0, 0.1) is 0 Å². The van der Waals surface area contributed by atoms with E-state index in [0.717, 1.165) is 17.7 Å². The van der Waals surface area contributed by atoms with Gasteiger partial charge >= 0.3 is 0 Å². The van der Waals surface area contributed by atoms with Crippen LogP contribution in [0.15, 0.2) is 41.2 Å². The average molecular weight is 203 g/mol. The maximum atomic E-state index is 5.59. The Morgan fingerprint density at radius 2 is 2.27 bits per heavy atom. The number of ether oxygens (including phenoxy) is 1. The van der Waals surface area contributed by atoms with Crippen molar-refractivity contribution in [3.63, 3.8) is 0 Å². The summed E-state index contributed by atoms with van der Waals surface area (Å²) in [4.78, 5) is 0. The molecule has 0 saturated carbocycles. The SMILES string of the molecule is CCc1cccc(OCc2cnoc2)c1. The van der Waals surface area contributed by atoms with Crippen LogP contribution in [0.3, 0.4) is 0 Å². The minimum atomic E-state index is 0.497. The Labute approximate surface area is 88.7 Å². The minimum absolute atomic E-state index is 0.497. The van der Waals surface area contributed by atoms with Crippen LogP contribution in [0.2, 0.25) is 0 Å². The highest BCUT2D eigenvalue weighted by molar-refractivity contribution is 5.28. The Morgan fingerprint density at radius 1 is 1.33 bits per heavy atom. The third-order valence-electron chi connectivity index (χ3n) is 2.20. The standard InChI is InChI=1S/C12H13NO2/c1-2-10-4-3-5-12(6-10)14-8-11-7-13-15-9-11/h3-7,9H,2,8H2,1H3. The summed E-state index contributed by atoms with van der Waals surface area (Å²) in [6.45, 7) is 2.62. The number of aromatic nitrogens is 1. The number of hydrogen-bond donors (Lipinski definition) is 0. The minimum Gasteiger partial charge on any atom is -0.489 e. The molecule has 0 aliphatic rings. The van der Waals surface area contributed by atoms with Crippen LogP contribution < -0.4 is 4.74 Å². The lowest BCUT2D eigenvalue weighted by atomic mass is 10.2. The van der Waals surface area contributed by atoms with E-state index in [4.69, 9.17) is 9.26 Å². The number of aryl methyl sites for hydroxylation is 1. The van der Waals surface area contributed by atoms with Crippen LogP contribution in [-0.4, -0.2) is 5.16 Å². The highest BCUT2D eigenvalue weighted by Crippen LogP contribution is 2.15. The highest BCUT2D eigenvalue weighted by Gasteiger charge is 1.98. The molecule has 0 aliphatic heterocycles. The van der Waals surface area contributed by atoms with Crippen molar-refractivity contribution in [2.24, 2.45) is 0 Å². The third kappa shape index (κ3) is 2.59. The fourth-order valence-corrected chi connectivity index (χ4v) is 1.32. The monoisotopic (exact) mass is 203 g/mol. The lowest BCUT2D eigenvalue weighted by Gasteiger charge is -2.05. The molecule has 0 fully saturated rings. The van der Waals surface area contributed by atoms with E-state index in [1.54, 1.807) is 12.5 Å². The molecule has 0 saturated heterocycles. The third-order valence-corrected chi connectivity index (χ3v) is 2.20. The van der Waals surface area contributed by atoms with Crippen molar-refractivity contribution in [3.8, 4) is 5.75 Å². The molecule has 2 aromatic rings. The van der Waals surface area contributed by atoms with Crippen molar-refractivity contribution in [3.05, 3.63) is 47.9 Å². The summed E-state index contributed by atoms with van der Waals surface area (Å²) in [6.07, 6.45) is 4.26. The van der Waals surface area contributed by atoms with Gasteiger partial charge in [-0.3, -0.25) is 0 Å². The van der Waals surface area contributed by atoms with Gasteiger partial charge in [-0.15, -0.1) is 0 Å². The molecule has 0 bridgehead atoms. The second-order valence-corrected chi connectivity index (χ2v) is 3.32. The molecule has 0 unspecified atom stereocenters. The zero-order chi connectivity index (χ0) is 10.5. The van der Waals surface area contributed by atoms with Crippen molar-refractivity contribution in [2.75, 3.05) is 0 Å². The van der Waals surface area contributed by atoms with Crippen LogP contribution in [0.1, 0.15) is 18.1 Å². The summed E-state index contributed by atoms with van der Waals surface area (Å²) in [7, 11) is 0. The van der Waals surface area contributed by atoms with E-state index in [-0.39, 0.29) is 0 Å². The molecule has 3 heteroatoms. The molecule has 0 aliphatic carbocycles. The van der Waals surface area contributed by atoms with Gasteiger partial charge in [-0.05, 0) is 24.1 Å². The summed E-state index contributed by atoms with van der Waals surface area (Å²) in [6, 6.07) is 8.09. The van der Waals surface area contributed by atoms with Crippen molar-refractivity contribution >= 4 is 0 Å². The molecule has 15 heavy (non-hydrogen) atoms. The van der Waals surface area contributed by atoms with Gasteiger partial charge in [0, 0.05) is 5.56 Å². The van der Waals surface area contributed by atoms with Crippen LogP contribution in [-0.2, 0) is 13.0 Å². The first-order valence-electron chi connectivity index (χ1n) is 4.98. The molecule has 3 nitrogen and oxygen atoms in total. The summed E-state index contributed by atoms with van der Waals surface area (Å²) >= 11 is 0. The van der Waals surface area contributed by atoms with E-state index >= 15 is 0 Å². The van der Waals surface area contributed by atoms with Gasteiger partial charge in [0.15, 0.2) is 0 Å². The Morgan fingerprint density at radius 3 is 3.00 bits per heavy atom. The second-order valence-electron chi connectivity index (χ2n) is 3.32. The van der Waals surface area contributed by atoms with E-state index in [0.29, 0.717) is 6.61 Å². The molecule has 2 rings (SSSR count). The van der Waals surface area contributed by atoms with Gasteiger partial charge in [0.1, 0.15) is 18.6 Å². The Kier molecular flexibility index (Phi) is 3.02. The fraction of sp³-hybridized carbons (Fsp3) is 0.250. The molecule has 0 spiro atoms. The number of benzene rings is 1. The Bertz CT molecular complexity index is 409. The zero-order valence-electron chi connectivity index (χ0n) is 8.64. The summed E-state index contributed by atoms with van der Waals surface area (Å²) in [5.74, 6) is 0.885. The molecule has 78 valence electrons. The molecule has 1 aromatic heterocycles. The van der Waals surface area contributed by atoms with E-state index in [2.05, 4.69) is 18.1 Å². The zero-order valence-corrected chi connectivity index (χ0v) is 8.64. The first kappa shape index (κ1) is 9.77. The number of rotatable bonds is 4. The largest absolute Gasteiger partial charge is 0.489 e. The normalized spacial score (nSPS) is 10.2. The van der Waals surface area contributed by atoms with Crippen LogP contribution in [0.25, 0.3) is 0 Å². The van der Waals surface area contributed by atoms with Gasteiger partial charge in [0.25, 0.3) is 0 Å². The van der Waals surface area contributed by atoms with Gasteiger partial charge in [0.05, 0.1) is 6.20 Å². The second kappa shape index (κ2) is 4.64. The summed E-state index contributed by atoms with van der Waals surface area (Å²) in [5, 5.41) is 3.61.